The zero-order chi connectivity index (χ0) is 25.6. The van der Waals surface area contributed by atoms with Crippen LogP contribution in [0.3, 0.4) is 0 Å². The van der Waals surface area contributed by atoms with Crippen molar-refractivity contribution in [2.24, 2.45) is 5.92 Å². The summed E-state index contributed by atoms with van der Waals surface area (Å²) in [5.41, 5.74) is 7.77. The number of imidazole rings is 1. The molecule has 2 aromatic carbocycles. The summed E-state index contributed by atoms with van der Waals surface area (Å²) in [5, 5.41) is 19.0. The Morgan fingerprint density at radius 1 is 0.974 bits per heavy atom. The first-order valence-electron chi connectivity index (χ1n) is 13.7. The lowest BCUT2D eigenvalue weighted by Gasteiger charge is -2.31. The van der Waals surface area contributed by atoms with Crippen LogP contribution in [0.2, 0.25) is 0 Å². The van der Waals surface area contributed by atoms with Gasteiger partial charge >= 0.3 is 0 Å². The highest BCUT2D eigenvalue weighted by atomic mass is 32.1. The molecule has 0 unspecified atom stereocenters. The van der Waals surface area contributed by atoms with Crippen molar-refractivity contribution in [2.75, 3.05) is 37.6 Å². The molecule has 200 valence electrons. The molecule has 7 rings (SSSR count). The van der Waals surface area contributed by atoms with Crippen molar-refractivity contribution in [1.82, 2.24) is 19.0 Å². The number of piperidine rings is 1. The normalized spacial score (nSPS) is 19.0. The van der Waals surface area contributed by atoms with E-state index >= 15 is 0 Å². The Kier molecular flexibility index (Phi) is 6.98. The molecule has 0 radical (unpaired) electrons. The lowest BCUT2D eigenvalue weighted by molar-refractivity contribution is 0.0762. The van der Waals surface area contributed by atoms with Gasteiger partial charge in [0.25, 0.3) is 0 Å². The molecule has 0 aliphatic carbocycles. The summed E-state index contributed by atoms with van der Waals surface area (Å²) >= 11 is 0. The summed E-state index contributed by atoms with van der Waals surface area (Å²) in [5.74, 6) is 1.62. The van der Waals surface area contributed by atoms with Crippen LogP contribution in [0.5, 0.6) is 0 Å². The molecule has 2 aromatic heterocycles. The molecular formula is C31H34N6OS. The molecule has 3 aliphatic rings. The van der Waals surface area contributed by atoms with E-state index in [4.69, 9.17) is 10.2 Å². The Bertz CT molecular complexity index is 1510. The van der Waals surface area contributed by atoms with Gasteiger partial charge in [0.2, 0.25) is 0 Å². The van der Waals surface area contributed by atoms with E-state index in [2.05, 4.69) is 61.7 Å². The second-order valence-corrected chi connectivity index (χ2v) is 11.0. The molecule has 0 saturated carbocycles. The largest absolute Gasteiger partial charge is 0.393 e. The zero-order valence-electron chi connectivity index (χ0n) is 22.0. The van der Waals surface area contributed by atoms with Gasteiger partial charge < -0.3 is 19.5 Å². The molecule has 5 heterocycles. The third-order valence-electron chi connectivity index (χ3n) is 8.50. The summed E-state index contributed by atoms with van der Waals surface area (Å²) in [7, 11) is 0. The number of hydrogen-bond acceptors (Lipinski definition) is 5. The first-order valence-corrected chi connectivity index (χ1v) is 13.7. The van der Waals surface area contributed by atoms with Crippen molar-refractivity contribution < 1.29 is 5.11 Å². The molecule has 2 saturated heterocycles. The number of nitrogens with zero attached hydrogens (tertiary/aromatic N) is 6. The van der Waals surface area contributed by atoms with Gasteiger partial charge in [-0.2, -0.15) is 18.8 Å². The fourth-order valence-corrected chi connectivity index (χ4v) is 6.41. The first-order chi connectivity index (χ1) is 18.6. The van der Waals surface area contributed by atoms with Gasteiger partial charge in [-0.05, 0) is 72.7 Å². The van der Waals surface area contributed by atoms with Gasteiger partial charge in [0, 0.05) is 69.1 Å². The number of hydrogen-bond donors (Lipinski definition) is 1. The highest BCUT2D eigenvalue weighted by molar-refractivity contribution is 7.59. The van der Waals surface area contributed by atoms with E-state index in [1.807, 2.05) is 30.5 Å². The number of aliphatic hydroxyl groups is 1. The summed E-state index contributed by atoms with van der Waals surface area (Å²) < 4.78 is 4.51. The second kappa shape index (κ2) is 10.6. The number of aromatic nitrogens is 3. The fourth-order valence-electron chi connectivity index (χ4n) is 6.41. The van der Waals surface area contributed by atoms with Crippen LogP contribution in [0.4, 0.5) is 5.69 Å². The molecule has 7 nitrogen and oxygen atoms in total. The van der Waals surface area contributed by atoms with Gasteiger partial charge in [0.15, 0.2) is 5.82 Å². The Balaban J connectivity index is 0.00000277. The number of fused-ring (bicyclic) bond motifs is 5. The number of rotatable bonds is 4. The van der Waals surface area contributed by atoms with Gasteiger partial charge in [0.1, 0.15) is 0 Å². The van der Waals surface area contributed by atoms with E-state index < -0.39 is 0 Å². The van der Waals surface area contributed by atoms with E-state index in [0.717, 1.165) is 74.8 Å². The number of nitriles is 1. The third kappa shape index (κ3) is 4.87. The Hall–Kier alpha value is -3.51. The summed E-state index contributed by atoms with van der Waals surface area (Å²) in [4.78, 5) is 9.81. The molecule has 2 fully saturated rings. The van der Waals surface area contributed by atoms with E-state index in [1.165, 1.54) is 23.4 Å². The quantitative estimate of drug-likeness (QED) is 0.361. The molecule has 8 heteroatoms. The molecule has 4 aromatic rings. The Morgan fingerprint density at radius 3 is 2.59 bits per heavy atom. The van der Waals surface area contributed by atoms with E-state index in [-0.39, 0.29) is 19.6 Å². The summed E-state index contributed by atoms with van der Waals surface area (Å²) in [6.07, 6.45) is 9.07. The van der Waals surface area contributed by atoms with Crippen LogP contribution in [0, 0.1) is 17.2 Å². The fraction of sp³-hybridized carbons (Fsp3) is 0.355. The topological polar surface area (TPSA) is 73.2 Å². The smallest absolute Gasteiger partial charge is 0.161 e. The maximum Gasteiger partial charge on any atom is 0.161 e. The van der Waals surface area contributed by atoms with Crippen molar-refractivity contribution in [3.63, 3.8) is 0 Å². The Labute approximate surface area is 236 Å². The SMILES string of the molecule is N#Cc1ccc(-c2cc3n(c2)Cc2cc(N4CC[C@@H](CN5CCC(O)CC5)C4)ccc2-n2ccnc2-3)cc1.S. The maximum absolute atomic E-state index is 9.83. The van der Waals surface area contributed by atoms with Crippen LogP contribution in [-0.4, -0.2) is 63.0 Å². The summed E-state index contributed by atoms with van der Waals surface area (Å²) in [6.45, 7) is 6.14. The maximum atomic E-state index is 9.83. The summed E-state index contributed by atoms with van der Waals surface area (Å²) in [6, 6.07) is 19.1. The molecular weight excluding hydrogens is 504 g/mol. The van der Waals surface area contributed by atoms with Crippen molar-refractivity contribution in [3.05, 3.63) is 78.2 Å². The minimum absolute atomic E-state index is 0. The van der Waals surface area contributed by atoms with Gasteiger partial charge in [-0.25, -0.2) is 4.98 Å². The third-order valence-corrected chi connectivity index (χ3v) is 8.50. The number of aliphatic hydroxyl groups excluding tert-OH is 1. The second-order valence-electron chi connectivity index (χ2n) is 11.0. The molecule has 1 N–H and O–H groups in total. The lowest BCUT2D eigenvalue weighted by Crippen LogP contribution is -2.39. The molecule has 1 atom stereocenters. The van der Waals surface area contributed by atoms with E-state index in [9.17, 15) is 5.11 Å². The number of anilines is 1. The monoisotopic (exact) mass is 538 g/mol. The predicted octanol–water partition coefficient (Wildman–Crippen LogP) is 4.64. The van der Waals surface area contributed by atoms with E-state index in [1.54, 1.807) is 0 Å². The van der Waals surface area contributed by atoms with Crippen LogP contribution in [-0.2, 0) is 6.54 Å². The predicted molar refractivity (Wildman–Crippen MR) is 159 cm³/mol. The van der Waals surface area contributed by atoms with Gasteiger partial charge in [-0.15, -0.1) is 0 Å². The van der Waals surface area contributed by atoms with Crippen LogP contribution in [0.25, 0.3) is 28.3 Å². The standard InChI is InChI=1S/C31H32N6O.H2S/c32-17-22-1-3-24(4-2-22)25-16-30-31-33-10-14-37(31)29-6-5-27(15-26(29)21-36(30)20-25)35-13-7-23(19-35)18-34-11-8-28(38)9-12-34;/h1-6,10,14-16,20,23,28,38H,7-9,11-13,18-19,21H2;1H2/t23-;/m0./s1. The number of likely N-dealkylation sites (tertiary alicyclic amines) is 1. The van der Waals surface area contributed by atoms with Crippen molar-refractivity contribution in [1.29, 1.82) is 5.26 Å². The minimum atomic E-state index is -0.108. The highest BCUT2D eigenvalue weighted by Gasteiger charge is 2.28. The molecule has 0 amide bonds. The van der Waals surface area contributed by atoms with Crippen LogP contribution < -0.4 is 4.90 Å². The van der Waals surface area contributed by atoms with Crippen molar-refractivity contribution >= 4 is 19.2 Å². The number of benzene rings is 2. The van der Waals surface area contributed by atoms with Gasteiger partial charge in [-0.3, -0.25) is 4.57 Å². The van der Waals surface area contributed by atoms with Crippen LogP contribution in [0.15, 0.2) is 67.1 Å². The molecule has 0 spiro atoms. The van der Waals surface area contributed by atoms with Gasteiger partial charge in [-0.1, -0.05) is 12.1 Å². The molecule has 3 aliphatic heterocycles. The van der Waals surface area contributed by atoms with Crippen LogP contribution >= 0.6 is 13.5 Å². The Morgan fingerprint density at radius 2 is 1.79 bits per heavy atom. The molecule has 39 heavy (non-hydrogen) atoms. The average Bonchev–Trinajstić information content (AvgIpc) is 3.69. The van der Waals surface area contributed by atoms with Crippen molar-refractivity contribution in [2.45, 2.75) is 31.9 Å². The first kappa shape index (κ1) is 25.8. The highest BCUT2D eigenvalue weighted by Crippen LogP contribution is 2.36. The van der Waals surface area contributed by atoms with E-state index in [0.29, 0.717) is 11.5 Å². The minimum Gasteiger partial charge on any atom is -0.393 e. The van der Waals surface area contributed by atoms with Crippen molar-refractivity contribution in [3.8, 4) is 34.4 Å². The van der Waals surface area contributed by atoms with Gasteiger partial charge in [0.05, 0.1) is 29.1 Å². The zero-order valence-corrected chi connectivity index (χ0v) is 23.0. The molecule has 0 bridgehead atoms. The lowest BCUT2D eigenvalue weighted by atomic mass is 10.0. The average molecular weight is 539 g/mol. The van der Waals surface area contributed by atoms with Crippen LogP contribution in [0.1, 0.15) is 30.4 Å².